The summed E-state index contributed by atoms with van der Waals surface area (Å²) >= 11 is 0. The third kappa shape index (κ3) is 1.36. The highest BCUT2D eigenvalue weighted by Crippen LogP contribution is 2.37. The molecule has 0 bridgehead atoms. The Morgan fingerprint density at radius 1 is 1.13 bits per heavy atom. The predicted molar refractivity (Wildman–Crippen MR) is 57.1 cm³/mol. The predicted octanol–water partition coefficient (Wildman–Crippen LogP) is 2.82. The van der Waals surface area contributed by atoms with Crippen LogP contribution in [0.2, 0.25) is 0 Å². The summed E-state index contributed by atoms with van der Waals surface area (Å²) < 4.78 is 5.89. The Hall–Kier alpha value is -1.31. The SMILES string of the molecule is O=C1c2ccccc2OC2CCCCC12. The van der Waals surface area contributed by atoms with Crippen molar-refractivity contribution >= 4 is 5.78 Å². The molecule has 0 N–H and O–H groups in total. The van der Waals surface area contributed by atoms with Crippen LogP contribution in [-0.2, 0) is 0 Å². The number of para-hydroxylation sites is 1. The van der Waals surface area contributed by atoms with E-state index < -0.39 is 0 Å². The molecular formula is C13H14O2. The number of carbonyl (C=O) groups excluding carboxylic acids is 1. The molecule has 0 amide bonds. The lowest BCUT2D eigenvalue weighted by molar-refractivity contribution is 0.0525. The molecule has 2 heteroatoms. The first-order chi connectivity index (χ1) is 7.36. The molecule has 0 aromatic heterocycles. The van der Waals surface area contributed by atoms with Gasteiger partial charge in [-0.05, 0) is 31.4 Å². The fraction of sp³-hybridized carbons (Fsp3) is 0.462. The van der Waals surface area contributed by atoms with Crippen molar-refractivity contribution in [3.8, 4) is 5.75 Å². The second-order valence-corrected chi connectivity index (χ2v) is 4.41. The van der Waals surface area contributed by atoms with E-state index in [1.165, 1.54) is 12.8 Å². The Bertz CT molecular complexity index is 397. The van der Waals surface area contributed by atoms with Gasteiger partial charge in [0.15, 0.2) is 5.78 Å². The number of carbonyl (C=O) groups is 1. The topological polar surface area (TPSA) is 26.3 Å². The van der Waals surface area contributed by atoms with Crippen LogP contribution in [0.4, 0.5) is 0 Å². The van der Waals surface area contributed by atoms with Crippen LogP contribution in [0.25, 0.3) is 0 Å². The Kier molecular flexibility index (Phi) is 2.01. The van der Waals surface area contributed by atoms with Gasteiger partial charge in [-0.25, -0.2) is 0 Å². The van der Waals surface area contributed by atoms with Crippen molar-refractivity contribution in [2.24, 2.45) is 5.92 Å². The van der Waals surface area contributed by atoms with Crippen molar-refractivity contribution in [3.63, 3.8) is 0 Å². The zero-order valence-electron chi connectivity index (χ0n) is 8.61. The summed E-state index contributed by atoms with van der Waals surface area (Å²) in [7, 11) is 0. The van der Waals surface area contributed by atoms with Crippen molar-refractivity contribution in [3.05, 3.63) is 29.8 Å². The van der Waals surface area contributed by atoms with Gasteiger partial charge in [-0.2, -0.15) is 0 Å². The monoisotopic (exact) mass is 202 g/mol. The number of benzene rings is 1. The fourth-order valence-electron chi connectivity index (χ4n) is 2.67. The summed E-state index contributed by atoms with van der Waals surface area (Å²) in [6.07, 6.45) is 4.53. The Labute approximate surface area is 89.2 Å². The van der Waals surface area contributed by atoms with E-state index in [9.17, 15) is 4.79 Å². The maximum Gasteiger partial charge on any atom is 0.173 e. The largest absolute Gasteiger partial charge is 0.489 e. The third-order valence-corrected chi connectivity index (χ3v) is 3.47. The van der Waals surface area contributed by atoms with E-state index in [2.05, 4.69) is 0 Å². The van der Waals surface area contributed by atoms with Crippen LogP contribution in [0.1, 0.15) is 36.0 Å². The lowest BCUT2D eigenvalue weighted by atomic mass is 9.79. The minimum absolute atomic E-state index is 0.119. The first-order valence-electron chi connectivity index (χ1n) is 5.66. The van der Waals surface area contributed by atoms with E-state index >= 15 is 0 Å². The maximum atomic E-state index is 12.2. The zero-order valence-corrected chi connectivity index (χ0v) is 8.61. The van der Waals surface area contributed by atoms with Crippen LogP contribution in [0.5, 0.6) is 5.75 Å². The standard InChI is InChI=1S/C13H14O2/c14-13-9-5-1-3-7-11(9)15-12-8-4-2-6-10(12)13/h1,3,5,7,10,12H,2,4,6,8H2. The Balaban J connectivity index is 2.02. The second-order valence-electron chi connectivity index (χ2n) is 4.41. The normalized spacial score (nSPS) is 28.9. The van der Waals surface area contributed by atoms with Crippen molar-refractivity contribution < 1.29 is 9.53 Å². The molecule has 1 aromatic rings. The average Bonchev–Trinajstić information content (AvgIpc) is 2.30. The minimum Gasteiger partial charge on any atom is -0.489 e. The van der Waals surface area contributed by atoms with Crippen LogP contribution in [0, 0.1) is 5.92 Å². The molecule has 1 heterocycles. The van der Waals surface area contributed by atoms with E-state index in [1.54, 1.807) is 0 Å². The summed E-state index contributed by atoms with van der Waals surface area (Å²) in [6, 6.07) is 7.61. The Morgan fingerprint density at radius 2 is 1.93 bits per heavy atom. The van der Waals surface area contributed by atoms with E-state index in [1.807, 2.05) is 24.3 Å². The molecule has 15 heavy (non-hydrogen) atoms. The minimum atomic E-state index is 0.119. The van der Waals surface area contributed by atoms with E-state index in [-0.39, 0.29) is 12.0 Å². The number of Topliss-reactive ketones (excluding diaryl/α,β-unsaturated/α-hetero) is 1. The molecule has 0 radical (unpaired) electrons. The summed E-state index contributed by atoms with van der Waals surface area (Å²) in [5.41, 5.74) is 0.778. The molecule has 2 unspecified atom stereocenters. The molecule has 1 aromatic carbocycles. The summed E-state index contributed by atoms with van der Waals surface area (Å²) in [5.74, 6) is 1.20. The molecule has 1 aliphatic heterocycles. The van der Waals surface area contributed by atoms with Crippen LogP contribution >= 0.6 is 0 Å². The van der Waals surface area contributed by atoms with Crippen LogP contribution in [0.3, 0.4) is 0 Å². The fourth-order valence-corrected chi connectivity index (χ4v) is 2.67. The lowest BCUT2D eigenvalue weighted by Crippen LogP contribution is -2.39. The van der Waals surface area contributed by atoms with Gasteiger partial charge >= 0.3 is 0 Å². The lowest BCUT2D eigenvalue weighted by Gasteiger charge is -2.35. The van der Waals surface area contributed by atoms with Crippen LogP contribution in [-0.4, -0.2) is 11.9 Å². The highest BCUT2D eigenvalue weighted by Gasteiger charge is 2.38. The van der Waals surface area contributed by atoms with Gasteiger partial charge in [0.05, 0.1) is 11.5 Å². The molecule has 2 aliphatic rings. The smallest absolute Gasteiger partial charge is 0.173 e. The molecule has 1 saturated carbocycles. The molecule has 2 atom stereocenters. The molecule has 0 spiro atoms. The van der Waals surface area contributed by atoms with E-state index in [0.29, 0.717) is 5.78 Å². The summed E-state index contributed by atoms with van der Waals surface area (Å²) in [4.78, 5) is 12.2. The third-order valence-electron chi connectivity index (χ3n) is 3.47. The summed E-state index contributed by atoms with van der Waals surface area (Å²) in [6.45, 7) is 0. The summed E-state index contributed by atoms with van der Waals surface area (Å²) in [5, 5.41) is 0. The first kappa shape index (κ1) is 8.96. The number of fused-ring (bicyclic) bond motifs is 2. The highest BCUT2D eigenvalue weighted by molar-refractivity contribution is 6.01. The van der Waals surface area contributed by atoms with Crippen LogP contribution < -0.4 is 4.74 Å². The van der Waals surface area contributed by atoms with Gasteiger partial charge in [0.1, 0.15) is 11.9 Å². The molecule has 1 aliphatic carbocycles. The van der Waals surface area contributed by atoms with Gasteiger partial charge in [-0.3, -0.25) is 4.79 Å². The molecule has 3 rings (SSSR count). The number of hydrogen-bond acceptors (Lipinski definition) is 2. The van der Waals surface area contributed by atoms with Gasteiger partial charge in [-0.1, -0.05) is 18.6 Å². The number of ketones is 1. The average molecular weight is 202 g/mol. The molecule has 0 saturated heterocycles. The first-order valence-corrected chi connectivity index (χ1v) is 5.66. The van der Waals surface area contributed by atoms with E-state index in [4.69, 9.17) is 4.74 Å². The van der Waals surface area contributed by atoms with Gasteiger partial charge in [-0.15, -0.1) is 0 Å². The molecule has 78 valence electrons. The quantitative estimate of drug-likeness (QED) is 0.646. The zero-order chi connectivity index (χ0) is 10.3. The molecule has 1 fully saturated rings. The highest BCUT2D eigenvalue weighted by atomic mass is 16.5. The molecular weight excluding hydrogens is 188 g/mol. The van der Waals surface area contributed by atoms with Gasteiger partial charge in [0.25, 0.3) is 0 Å². The van der Waals surface area contributed by atoms with E-state index in [0.717, 1.165) is 24.2 Å². The van der Waals surface area contributed by atoms with Crippen LogP contribution in [0.15, 0.2) is 24.3 Å². The number of rotatable bonds is 0. The van der Waals surface area contributed by atoms with Gasteiger partial charge in [0, 0.05) is 0 Å². The maximum absolute atomic E-state index is 12.2. The van der Waals surface area contributed by atoms with Crippen molar-refractivity contribution in [2.75, 3.05) is 0 Å². The molecule has 2 nitrogen and oxygen atoms in total. The van der Waals surface area contributed by atoms with Gasteiger partial charge < -0.3 is 4.74 Å². The second kappa shape index (κ2) is 3.37. The Morgan fingerprint density at radius 3 is 2.87 bits per heavy atom. The number of ether oxygens (including phenoxy) is 1. The van der Waals surface area contributed by atoms with Crippen molar-refractivity contribution in [1.29, 1.82) is 0 Å². The van der Waals surface area contributed by atoms with Gasteiger partial charge in [0.2, 0.25) is 0 Å². The van der Waals surface area contributed by atoms with Crippen molar-refractivity contribution in [2.45, 2.75) is 31.8 Å². The number of hydrogen-bond donors (Lipinski definition) is 0. The van der Waals surface area contributed by atoms with Crippen molar-refractivity contribution in [1.82, 2.24) is 0 Å².